The fraction of sp³-hybridized carbons (Fsp3) is 0.419. The number of allylic oxidation sites excluding steroid dienone is 1. The maximum absolute atomic E-state index is 12.7. The summed E-state index contributed by atoms with van der Waals surface area (Å²) in [5.41, 5.74) is 3.15. The molecule has 3 aromatic rings. The van der Waals surface area contributed by atoms with Crippen molar-refractivity contribution in [1.82, 2.24) is 30.9 Å². The number of aryl methyl sites for hydroxylation is 1. The van der Waals surface area contributed by atoms with Gasteiger partial charge in [-0.1, -0.05) is 32.9 Å². The minimum absolute atomic E-state index is 0.105. The topological polar surface area (TPSA) is 174 Å². The van der Waals surface area contributed by atoms with Gasteiger partial charge in [0.25, 0.3) is 5.91 Å². The normalized spacial score (nSPS) is 12.7. The molecule has 0 spiro atoms. The number of carbonyl (C=O) groups is 2. The van der Waals surface area contributed by atoms with Crippen LogP contribution in [-0.4, -0.2) is 63.1 Å². The lowest BCUT2D eigenvalue weighted by molar-refractivity contribution is 0.0483. The molecule has 1 atom stereocenters. The predicted molar refractivity (Wildman–Crippen MR) is 173 cm³/mol. The fourth-order valence-corrected chi connectivity index (χ4v) is 4.70. The highest BCUT2D eigenvalue weighted by molar-refractivity contribution is 7.13. The van der Waals surface area contributed by atoms with E-state index in [-0.39, 0.29) is 30.4 Å². The summed E-state index contributed by atoms with van der Waals surface area (Å²) in [5.74, 6) is 0.140. The summed E-state index contributed by atoms with van der Waals surface area (Å²) in [6, 6.07) is 7.09. The summed E-state index contributed by atoms with van der Waals surface area (Å²) in [6.45, 7) is 13.7. The van der Waals surface area contributed by atoms with Gasteiger partial charge in [-0.2, -0.15) is 0 Å². The number of thiazole rings is 1. The lowest BCUT2D eigenvalue weighted by Gasteiger charge is -2.22. The molecule has 0 aliphatic rings. The third-order valence-electron chi connectivity index (χ3n) is 6.08. The number of amides is 2. The maximum atomic E-state index is 12.7. The summed E-state index contributed by atoms with van der Waals surface area (Å²) in [7, 11) is 0. The minimum atomic E-state index is -0.652. The number of hydrogen-bond acceptors (Lipinski definition) is 11. The summed E-state index contributed by atoms with van der Waals surface area (Å²) in [6.07, 6.45) is 5.25. The number of ether oxygens (including phenoxy) is 1. The van der Waals surface area contributed by atoms with Crippen LogP contribution in [-0.2, 0) is 16.7 Å². The first-order valence-electron chi connectivity index (χ1n) is 14.2. The number of aliphatic hydroxyl groups excluding tert-OH is 1. The molecule has 0 bridgehead atoms. The number of aliphatic hydroxyl groups is 1. The number of aromatic nitrogens is 3. The SMILES string of the molecule is Cc1cc(-c2ccnc(N/C(C=N)=C/NC[C@@H](CO)NC(=O)OC(C)(C)C)n2)ccc1CNC(=O)c1cnc(C(C)(C)C)s1. The largest absolute Gasteiger partial charge is 0.444 e. The molecule has 6 N–H and O–H groups in total. The first-order valence-corrected chi connectivity index (χ1v) is 15.0. The number of anilines is 1. The Morgan fingerprint density at radius 2 is 1.89 bits per heavy atom. The molecule has 0 saturated carbocycles. The van der Waals surface area contributed by atoms with Crippen molar-refractivity contribution in [2.24, 2.45) is 0 Å². The Labute approximate surface area is 262 Å². The summed E-state index contributed by atoms with van der Waals surface area (Å²) < 4.78 is 5.22. The number of nitrogens with one attached hydrogen (secondary N) is 5. The average Bonchev–Trinajstić information content (AvgIpc) is 3.46. The monoisotopic (exact) mass is 622 g/mol. The molecule has 0 unspecified atom stereocenters. The number of rotatable bonds is 12. The van der Waals surface area contributed by atoms with Crippen LogP contribution in [0.25, 0.3) is 11.3 Å². The number of carbonyl (C=O) groups excluding carboxylic acids is 2. The second kappa shape index (κ2) is 14.9. The Balaban J connectivity index is 1.60. The highest BCUT2D eigenvalue weighted by Gasteiger charge is 2.21. The van der Waals surface area contributed by atoms with Crippen LogP contribution in [0, 0.1) is 12.3 Å². The molecule has 0 saturated heterocycles. The van der Waals surface area contributed by atoms with Crippen LogP contribution in [0.2, 0.25) is 0 Å². The molecule has 0 aliphatic carbocycles. The highest BCUT2D eigenvalue weighted by atomic mass is 32.1. The molecule has 0 fully saturated rings. The smallest absolute Gasteiger partial charge is 0.408 e. The van der Waals surface area contributed by atoms with E-state index in [1.807, 2.05) is 25.1 Å². The standard InChI is InChI=1S/C31H42N8O4S/c1-19-12-20(8-9-21(19)14-35-26(41)25-17-36-27(44-25)30(2,3)4)24-10-11-34-28(39-24)37-22(13-32)15-33-16-23(18-40)38-29(42)43-31(5,6)7/h8-13,15,17,23,32-33,40H,14,16,18H2,1-7H3,(H,35,41)(H,38,42)(H,34,37,39)/b22-15+,32-13?/t23-/m0/s1. The van der Waals surface area contributed by atoms with E-state index in [2.05, 4.69) is 57.0 Å². The summed E-state index contributed by atoms with van der Waals surface area (Å²) in [5, 5.41) is 29.8. The molecule has 2 amide bonds. The van der Waals surface area contributed by atoms with Gasteiger partial charge in [-0.05, 0) is 51.0 Å². The van der Waals surface area contributed by atoms with Crippen molar-refractivity contribution in [3.05, 3.63) is 69.6 Å². The Morgan fingerprint density at radius 3 is 2.50 bits per heavy atom. The fourth-order valence-electron chi connectivity index (χ4n) is 3.81. The Morgan fingerprint density at radius 1 is 1.14 bits per heavy atom. The first kappa shape index (κ1) is 34.1. The molecule has 2 aromatic heterocycles. The lowest BCUT2D eigenvalue weighted by atomic mass is 9.98. The van der Waals surface area contributed by atoms with Crippen LogP contribution in [0.3, 0.4) is 0 Å². The predicted octanol–water partition coefficient (Wildman–Crippen LogP) is 4.51. The van der Waals surface area contributed by atoms with Gasteiger partial charge < -0.3 is 36.5 Å². The first-order chi connectivity index (χ1) is 20.7. The minimum Gasteiger partial charge on any atom is -0.444 e. The van der Waals surface area contributed by atoms with Crippen LogP contribution in [0.1, 0.15) is 67.3 Å². The molecular weight excluding hydrogens is 580 g/mol. The molecule has 12 nitrogen and oxygen atoms in total. The van der Waals surface area contributed by atoms with Crippen molar-refractivity contribution >= 4 is 35.5 Å². The zero-order chi connectivity index (χ0) is 32.5. The average molecular weight is 623 g/mol. The molecule has 2 heterocycles. The zero-order valence-electron chi connectivity index (χ0n) is 26.2. The van der Waals surface area contributed by atoms with E-state index in [4.69, 9.17) is 10.1 Å². The van der Waals surface area contributed by atoms with Gasteiger partial charge >= 0.3 is 6.09 Å². The van der Waals surface area contributed by atoms with Gasteiger partial charge in [0.2, 0.25) is 5.95 Å². The molecule has 0 radical (unpaired) electrons. The Bertz CT molecular complexity index is 1490. The van der Waals surface area contributed by atoms with E-state index < -0.39 is 17.7 Å². The van der Waals surface area contributed by atoms with Crippen LogP contribution >= 0.6 is 11.3 Å². The number of nitrogens with zero attached hydrogens (tertiary/aromatic N) is 3. The van der Waals surface area contributed by atoms with Crippen molar-refractivity contribution in [2.75, 3.05) is 18.5 Å². The van der Waals surface area contributed by atoms with Gasteiger partial charge in [-0.25, -0.2) is 19.7 Å². The number of benzene rings is 1. The van der Waals surface area contributed by atoms with Crippen LogP contribution in [0.4, 0.5) is 10.7 Å². The number of alkyl carbamates (subject to hydrolysis) is 1. The van der Waals surface area contributed by atoms with Crippen molar-refractivity contribution in [1.29, 1.82) is 5.41 Å². The quantitative estimate of drug-likeness (QED) is 0.159. The lowest BCUT2D eigenvalue weighted by Crippen LogP contribution is -2.45. The molecule has 0 aliphatic heterocycles. The van der Waals surface area contributed by atoms with Gasteiger partial charge in [0.15, 0.2) is 0 Å². The van der Waals surface area contributed by atoms with E-state index >= 15 is 0 Å². The van der Waals surface area contributed by atoms with E-state index in [0.29, 0.717) is 22.8 Å². The van der Waals surface area contributed by atoms with Gasteiger partial charge in [0.1, 0.15) is 10.5 Å². The van der Waals surface area contributed by atoms with E-state index in [0.717, 1.165) is 27.9 Å². The van der Waals surface area contributed by atoms with Crippen molar-refractivity contribution in [3.63, 3.8) is 0 Å². The third-order valence-corrected chi connectivity index (χ3v) is 7.50. The van der Waals surface area contributed by atoms with Gasteiger partial charge in [-0.15, -0.1) is 11.3 Å². The Hall–Kier alpha value is -4.36. The number of hydrogen-bond donors (Lipinski definition) is 6. The van der Waals surface area contributed by atoms with Gasteiger partial charge in [0.05, 0.1) is 35.2 Å². The summed E-state index contributed by atoms with van der Waals surface area (Å²) >= 11 is 1.41. The van der Waals surface area contributed by atoms with Crippen molar-refractivity contribution in [3.8, 4) is 11.3 Å². The second-order valence-electron chi connectivity index (χ2n) is 12.2. The second-order valence-corrected chi connectivity index (χ2v) is 13.2. The van der Waals surface area contributed by atoms with Gasteiger partial charge in [-0.3, -0.25) is 4.79 Å². The zero-order valence-corrected chi connectivity index (χ0v) is 27.1. The Kier molecular flexibility index (Phi) is 11.5. The highest BCUT2D eigenvalue weighted by Crippen LogP contribution is 2.27. The van der Waals surface area contributed by atoms with Crippen LogP contribution in [0.5, 0.6) is 0 Å². The molecule has 44 heavy (non-hydrogen) atoms. The van der Waals surface area contributed by atoms with Crippen LogP contribution < -0.4 is 21.3 Å². The molecular formula is C31H42N8O4S. The van der Waals surface area contributed by atoms with Crippen LogP contribution in [0.15, 0.2) is 48.6 Å². The summed E-state index contributed by atoms with van der Waals surface area (Å²) in [4.78, 5) is 38.5. The molecule has 3 rings (SSSR count). The van der Waals surface area contributed by atoms with Gasteiger partial charge in [0, 0.05) is 42.7 Å². The van der Waals surface area contributed by atoms with E-state index in [1.54, 1.807) is 39.2 Å². The van der Waals surface area contributed by atoms with Crippen molar-refractivity contribution < 1.29 is 19.4 Å². The maximum Gasteiger partial charge on any atom is 0.408 e. The van der Waals surface area contributed by atoms with E-state index in [1.165, 1.54) is 17.5 Å². The van der Waals surface area contributed by atoms with Crippen molar-refractivity contribution in [2.45, 2.75) is 72.1 Å². The molecule has 236 valence electrons. The van der Waals surface area contributed by atoms with E-state index in [9.17, 15) is 14.7 Å². The molecule has 13 heteroatoms. The third kappa shape index (κ3) is 10.4. The molecule has 1 aromatic carbocycles.